The molecule has 0 radical (unpaired) electrons. The summed E-state index contributed by atoms with van der Waals surface area (Å²) in [6.07, 6.45) is 4.58. The van der Waals surface area contributed by atoms with E-state index in [1.165, 1.54) is 7.11 Å². The summed E-state index contributed by atoms with van der Waals surface area (Å²) in [5.74, 6) is -2.94. The number of aliphatic hydroxyl groups is 5. The van der Waals surface area contributed by atoms with Crippen molar-refractivity contribution in [2.45, 2.75) is 145 Å². The molecule has 0 aliphatic heterocycles. The van der Waals surface area contributed by atoms with Gasteiger partial charge in [-0.1, -0.05) is 77.0 Å². The zero-order valence-electron chi connectivity index (χ0n) is 31.2. The third-order valence-electron chi connectivity index (χ3n) is 8.89. The molecule has 0 aromatic heterocycles. The lowest BCUT2D eigenvalue weighted by molar-refractivity contribution is -0.149. The zero-order valence-corrected chi connectivity index (χ0v) is 31.2. The molecule has 0 bridgehead atoms. The fourth-order valence-electron chi connectivity index (χ4n) is 5.55. The molecule has 0 aromatic carbocycles. The molecule has 9 nitrogen and oxygen atoms in total. The van der Waals surface area contributed by atoms with E-state index < -0.39 is 60.0 Å². The van der Waals surface area contributed by atoms with E-state index in [1.54, 1.807) is 52.8 Å². The fraction of sp³-hybridized carbons (Fsp3) is 0.737. The number of Topliss-reactive ketones (excluding diaryl/α,β-unsaturated/α-hetero) is 1. The standard InChI is InChI=1S/C38H66O9/c1-14-30(39)27(7)31(40)21-32(41)28(8)35(43)29(9)36(44)33(46-13)17-15-16-22(2)18-24(4)34(42)25(5)19-23(3)20-26(6)37(45)47-38(10,11)12/h15-17,19-20,24-25,27-31,33-36,39-40,42-44H,14,18,21H2,1-13H3/b17-15+,22-16+,23-19+,26-20+/t24?,25?,27?,28?,29?,30-,31+,33?,34-,35-,36-/m1/s1. The van der Waals surface area contributed by atoms with Crippen LogP contribution in [0.1, 0.15) is 102 Å². The van der Waals surface area contributed by atoms with Crippen molar-refractivity contribution in [1.29, 1.82) is 0 Å². The number of hydrogen-bond donors (Lipinski definition) is 5. The van der Waals surface area contributed by atoms with Gasteiger partial charge in [-0.15, -0.1) is 0 Å². The molecule has 0 spiro atoms. The molecule has 0 aliphatic rings. The number of ether oxygens (including phenoxy) is 2. The van der Waals surface area contributed by atoms with Crippen LogP contribution in [-0.2, 0) is 19.1 Å². The molecular weight excluding hydrogens is 600 g/mol. The van der Waals surface area contributed by atoms with Gasteiger partial charge in [0.05, 0.1) is 30.5 Å². The van der Waals surface area contributed by atoms with Gasteiger partial charge in [0.1, 0.15) is 17.5 Å². The van der Waals surface area contributed by atoms with Crippen molar-refractivity contribution in [3.8, 4) is 0 Å². The largest absolute Gasteiger partial charge is 0.457 e. The predicted molar refractivity (Wildman–Crippen MR) is 187 cm³/mol. The number of esters is 1. The topological polar surface area (TPSA) is 154 Å². The average Bonchev–Trinajstić information content (AvgIpc) is 2.99. The monoisotopic (exact) mass is 666 g/mol. The lowest BCUT2D eigenvalue weighted by Crippen LogP contribution is -2.43. The summed E-state index contributed by atoms with van der Waals surface area (Å²) in [6.45, 7) is 21.7. The lowest BCUT2D eigenvalue weighted by Gasteiger charge is -2.31. The average molecular weight is 667 g/mol. The van der Waals surface area contributed by atoms with E-state index in [0.717, 1.165) is 11.1 Å². The fourth-order valence-corrected chi connectivity index (χ4v) is 5.55. The van der Waals surface area contributed by atoms with Gasteiger partial charge in [0, 0.05) is 42.8 Å². The van der Waals surface area contributed by atoms with Gasteiger partial charge in [0.2, 0.25) is 0 Å². The van der Waals surface area contributed by atoms with Gasteiger partial charge in [-0.3, -0.25) is 4.79 Å². The van der Waals surface area contributed by atoms with Crippen LogP contribution >= 0.6 is 0 Å². The van der Waals surface area contributed by atoms with Gasteiger partial charge in [0.15, 0.2) is 0 Å². The highest BCUT2D eigenvalue weighted by molar-refractivity contribution is 5.88. The first-order chi connectivity index (χ1) is 21.6. The van der Waals surface area contributed by atoms with Crippen molar-refractivity contribution in [1.82, 2.24) is 0 Å². The molecule has 11 atom stereocenters. The first kappa shape index (κ1) is 44.9. The summed E-state index contributed by atoms with van der Waals surface area (Å²) in [4.78, 5) is 25.1. The first-order valence-corrected chi connectivity index (χ1v) is 17.0. The summed E-state index contributed by atoms with van der Waals surface area (Å²) in [5, 5.41) is 53.2. The second-order valence-corrected chi connectivity index (χ2v) is 14.6. The van der Waals surface area contributed by atoms with Crippen LogP contribution in [0.25, 0.3) is 0 Å². The Balaban J connectivity index is 5.30. The van der Waals surface area contributed by atoms with E-state index in [-0.39, 0.29) is 30.0 Å². The van der Waals surface area contributed by atoms with Crippen LogP contribution in [0.2, 0.25) is 0 Å². The summed E-state index contributed by atoms with van der Waals surface area (Å²) in [6, 6.07) is 0. The van der Waals surface area contributed by atoms with Gasteiger partial charge < -0.3 is 35.0 Å². The number of rotatable bonds is 20. The van der Waals surface area contributed by atoms with E-state index in [1.807, 2.05) is 60.6 Å². The van der Waals surface area contributed by atoms with Crippen molar-refractivity contribution < 1.29 is 44.6 Å². The highest BCUT2D eigenvalue weighted by atomic mass is 16.6. The van der Waals surface area contributed by atoms with Crippen molar-refractivity contribution in [2.75, 3.05) is 7.11 Å². The highest BCUT2D eigenvalue weighted by Crippen LogP contribution is 2.25. The van der Waals surface area contributed by atoms with Crippen LogP contribution in [0, 0.1) is 29.6 Å². The molecule has 5 N–H and O–H groups in total. The zero-order chi connectivity index (χ0) is 36.8. The van der Waals surface area contributed by atoms with Crippen LogP contribution in [0.5, 0.6) is 0 Å². The van der Waals surface area contributed by atoms with E-state index >= 15 is 0 Å². The molecule has 0 fully saturated rings. The second kappa shape index (κ2) is 21.1. The molecule has 0 aliphatic carbocycles. The Morgan fingerprint density at radius 1 is 0.809 bits per heavy atom. The van der Waals surface area contributed by atoms with Gasteiger partial charge in [-0.25, -0.2) is 4.79 Å². The van der Waals surface area contributed by atoms with E-state index in [9.17, 15) is 35.1 Å². The highest BCUT2D eigenvalue weighted by Gasteiger charge is 2.35. The summed E-state index contributed by atoms with van der Waals surface area (Å²) < 4.78 is 10.9. The molecule has 0 heterocycles. The quantitative estimate of drug-likeness (QED) is 0.0646. The summed E-state index contributed by atoms with van der Waals surface area (Å²) >= 11 is 0. The molecule has 9 heteroatoms. The smallest absolute Gasteiger partial charge is 0.334 e. The normalized spacial score (nSPS) is 20.9. The van der Waals surface area contributed by atoms with Crippen molar-refractivity contribution >= 4 is 11.8 Å². The molecule has 0 amide bonds. The van der Waals surface area contributed by atoms with Crippen molar-refractivity contribution in [3.05, 3.63) is 47.1 Å². The molecular formula is C38H66O9. The minimum atomic E-state index is -1.17. The van der Waals surface area contributed by atoms with Crippen LogP contribution in [-0.4, -0.2) is 86.6 Å². The molecule has 47 heavy (non-hydrogen) atoms. The van der Waals surface area contributed by atoms with Gasteiger partial charge >= 0.3 is 5.97 Å². The van der Waals surface area contributed by atoms with E-state index in [4.69, 9.17) is 9.47 Å². The Bertz CT molecular complexity index is 1080. The molecule has 0 saturated heterocycles. The predicted octanol–water partition coefficient (Wildman–Crippen LogP) is 5.48. The van der Waals surface area contributed by atoms with Crippen LogP contribution in [0.3, 0.4) is 0 Å². The molecule has 6 unspecified atom stereocenters. The maximum absolute atomic E-state index is 12.8. The number of ketones is 1. The van der Waals surface area contributed by atoms with Crippen LogP contribution in [0.15, 0.2) is 47.1 Å². The molecule has 0 rings (SSSR count). The Kier molecular flexibility index (Phi) is 20.1. The number of aliphatic hydroxyl groups excluding tert-OH is 5. The Morgan fingerprint density at radius 2 is 1.38 bits per heavy atom. The minimum Gasteiger partial charge on any atom is -0.457 e. The number of hydrogen-bond acceptors (Lipinski definition) is 9. The number of methoxy groups -OCH3 is 1. The molecule has 0 saturated carbocycles. The van der Waals surface area contributed by atoms with Gasteiger partial charge in [-0.05, 0) is 66.4 Å². The van der Waals surface area contributed by atoms with Crippen molar-refractivity contribution in [2.24, 2.45) is 29.6 Å². The Morgan fingerprint density at radius 3 is 1.89 bits per heavy atom. The lowest BCUT2D eigenvalue weighted by atomic mass is 9.82. The Hall–Kier alpha value is -2.14. The SMILES string of the molecule is CC[C@@H](O)C(C)[C@@H](O)CC(=O)C(C)[C@@H](O)C(C)[C@@H](O)C(/C=C/C=C(\C)CC(C)[C@@H](O)C(C)/C=C(C)/C=C(\C)C(=O)OC(C)(C)C)OC. The van der Waals surface area contributed by atoms with Crippen LogP contribution < -0.4 is 0 Å². The number of carbonyl (C=O) groups is 2. The van der Waals surface area contributed by atoms with Gasteiger partial charge in [-0.2, -0.15) is 0 Å². The third-order valence-corrected chi connectivity index (χ3v) is 8.89. The molecule has 0 aromatic rings. The van der Waals surface area contributed by atoms with Gasteiger partial charge in [0.25, 0.3) is 0 Å². The number of allylic oxidation sites excluding steroid dienone is 5. The second-order valence-electron chi connectivity index (χ2n) is 14.6. The third kappa shape index (κ3) is 16.2. The minimum absolute atomic E-state index is 0.0561. The Labute approximate surface area is 284 Å². The van der Waals surface area contributed by atoms with E-state index in [0.29, 0.717) is 18.4 Å². The number of carbonyl (C=O) groups excluding carboxylic acids is 2. The van der Waals surface area contributed by atoms with Crippen LogP contribution in [0.4, 0.5) is 0 Å². The summed E-state index contributed by atoms with van der Waals surface area (Å²) in [7, 11) is 1.46. The summed E-state index contributed by atoms with van der Waals surface area (Å²) in [5.41, 5.74) is 1.80. The first-order valence-electron chi connectivity index (χ1n) is 17.0. The van der Waals surface area contributed by atoms with Crippen molar-refractivity contribution in [3.63, 3.8) is 0 Å². The molecule has 272 valence electrons. The van der Waals surface area contributed by atoms with E-state index in [2.05, 4.69) is 0 Å². The maximum Gasteiger partial charge on any atom is 0.334 e. The maximum atomic E-state index is 12.8.